The predicted molar refractivity (Wildman–Crippen MR) is 163 cm³/mol. The lowest BCUT2D eigenvalue weighted by atomic mass is 9.83. The number of piperidine rings is 2. The molecule has 4 atom stereocenters. The number of nitrogens with zero attached hydrogens (tertiary/aromatic N) is 3. The van der Waals surface area contributed by atoms with Crippen LogP contribution >= 0.6 is 11.3 Å². The van der Waals surface area contributed by atoms with Gasteiger partial charge in [-0.05, 0) is 92.7 Å². The van der Waals surface area contributed by atoms with Crippen LogP contribution in [0.5, 0.6) is 5.75 Å². The van der Waals surface area contributed by atoms with Crippen LogP contribution in [0.2, 0.25) is 0 Å². The highest BCUT2D eigenvalue weighted by atomic mass is 32.1. The van der Waals surface area contributed by atoms with Crippen molar-refractivity contribution in [3.63, 3.8) is 0 Å². The van der Waals surface area contributed by atoms with Gasteiger partial charge in [0.25, 0.3) is 5.91 Å². The fourth-order valence-electron chi connectivity index (χ4n) is 7.00. The molecule has 222 valence electrons. The van der Waals surface area contributed by atoms with E-state index in [4.69, 9.17) is 9.72 Å². The molecule has 1 saturated carbocycles. The number of anilines is 1. The van der Waals surface area contributed by atoms with Gasteiger partial charge in [-0.15, -0.1) is 11.3 Å². The number of aliphatic hydroxyl groups is 1. The van der Waals surface area contributed by atoms with E-state index in [1.165, 1.54) is 0 Å². The minimum absolute atomic E-state index is 0.0383. The predicted octanol–water partition coefficient (Wildman–Crippen LogP) is 5.54. The van der Waals surface area contributed by atoms with Crippen LogP contribution in [0.3, 0.4) is 0 Å². The van der Waals surface area contributed by atoms with Crippen LogP contribution in [0.25, 0.3) is 11.3 Å². The number of carboxylic acid groups (broad SMARTS) is 1. The molecule has 8 nitrogen and oxygen atoms in total. The molecule has 2 N–H and O–H groups in total. The smallest absolute Gasteiger partial charge is 0.303 e. The van der Waals surface area contributed by atoms with Gasteiger partial charge in [0.15, 0.2) is 5.13 Å². The van der Waals surface area contributed by atoms with Crippen LogP contribution in [0.1, 0.15) is 59.2 Å². The lowest BCUT2D eigenvalue weighted by molar-refractivity contribution is -0.138. The number of aryl methyl sites for hydroxylation is 2. The van der Waals surface area contributed by atoms with E-state index < -0.39 is 12.1 Å². The highest BCUT2D eigenvalue weighted by Gasteiger charge is 2.43. The highest BCUT2D eigenvalue weighted by Crippen LogP contribution is 2.46. The number of aliphatic carboxylic acids is 1. The van der Waals surface area contributed by atoms with Crippen LogP contribution in [0.15, 0.2) is 41.8 Å². The molecule has 0 spiro atoms. The first-order valence-corrected chi connectivity index (χ1v) is 15.9. The van der Waals surface area contributed by atoms with E-state index in [0.29, 0.717) is 37.1 Å². The Morgan fingerprint density at radius 3 is 2.55 bits per heavy atom. The van der Waals surface area contributed by atoms with E-state index in [0.717, 1.165) is 77.6 Å². The maximum absolute atomic E-state index is 13.0. The van der Waals surface area contributed by atoms with E-state index in [2.05, 4.69) is 23.3 Å². The molecule has 1 amide bonds. The number of fused-ring (bicyclic) bond motifs is 2. The minimum Gasteiger partial charge on any atom is -0.488 e. The Kier molecular flexibility index (Phi) is 8.23. The fourth-order valence-corrected chi connectivity index (χ4v) is 7.84. The molecule has 3 aromatic rings. The zero-order valence-corrected chi connectivity index (χ0v) is 25.1. The van der Waals surface area contributed by atoms with Crippen LogP contribution < -0.4 is 9.64 Å². The molecule has 9 heteroatoms. The van der Waals surface area contributed by atoms with Crippen molar-refractivity contribution in [1.29, 1.82) is 0 Å². The molecule has 2 unspecified atom stereocenters. The summed E-state index contributed by atoms with van der Waals surface area (Å²) >= 11 is 1.64. The largest absolute Gasteiger partial charge is 0.488 e. The maximum Gasteiger partial charge on any atom is 0.303 e. The molecule has 2 bridgehead atoms. The number of hydrogen-bond acceptors (Lipinski definition) is 7. The summed E-state index contributed by atoms with van der Waals surface area (Å²) in [5.74, 6) is 1.15. The summed E-state index contributed by atoms with van der Waals surface area (Å²) in [5.41, 5.74) is 5.60. The Balaban J connectivity index is 1.14. The number of rotatable bonds is 8. The first-order valence-electron chi connectivity index (χ1n) is 15.0. The number of hydrogen-bond donors (Lipinski definition) is 2. The summed E-state index contributed by atoms with van der Waals surface area (Å²) in [4.78, 5) is 33.5. The molecule has 6 rings (SSSR count). The molecule has 2 saturated heterocycles. The van der Waals surface area contributed by atoms with Gasteiger partial charge in [-0.3, -0.25) is 9.59 Å². The number of carbonyl (C=O) groups excluding carboxylic acids is 1. The van der Waals surface area contributed by atoms with Crippen molar-refractivity contribution in [3.8, 4) is 17.0 Å². The summed E-state index contributed by atoms with van der Waals surface area (Å²) in [7, 11) is 0. The van der Waals surface area contributed by atoms with Gasteiger partial charge in [0.2, 0.25) is 0 Å². The van der Waals surface area contributed by atoms with Gasteiger partial charge in [-0.1, -0.05) is 17.7 Å². The fraction of sp³-hybridized carbons (Fsp3) is 0.485. The second-order valence-electron chi connectivity index (χ2n) is 12.3. The number of carbonyl (C=O) groups is 2. The Morgan fingerprint density at radius 1 is 1.05 bits per heavy atom. The molecule has 42 heavy (non-hydrogen) atoms. The molecule has 1 aromatic heterocycles. The molecule has 2 aliphatic heterocycles. The highest BCUT2D eigenvalue weighted by molar-refractivity contribution is 7.14. The number of aliphatic hydroxyl groups excluding tert-OH is 1. The molecule has 0 radical (unpaired) electrons. The minimum atomic E-state index is -0.688. The lowest BCUT2D eigenvalue weighted by Crippen LogP contribution is -2.42. The van der Waals surface area contributed by atoms with Crippen LogP contribution in [-0.4, -0.2) is 64.3 Å². The number of benzene rings is 2. The Hall–Kier alpha value is -3.43. The summed E-state index contributed by atoms with van der Waals surface area (Å²) in [5, 5.41) is 22.4. The third kappa shape index (κ3) is 6.03. The molecular weight excluding hydrogens is 550 g/mol. The van der Waals surface area contributed by atoms with Crippen molar-refractivity contribution in [1.82, 2.24) is 9.88 Å². The third-order valence-corrected chi connectivity index (χ3v) is 10.2. The summed E-state index contributed by atoms with van der Waals surface area (Å²) in [6.07, 6.45) is 3.60. The topological polar surface area (TPSA) is 103 Å². The second-order valence-corrected chi connectivity index (χ2v) is 13.1. The van der Waals surface area contributed by atoms with Gasteiger partial charge in [0.05, 0.1) is 11.8 Å². The molecule has 2 aromatic carbocycles. The van der Waals surface area contributed by atoms with Crippen molar-refractivity contribution in [2.75, 3.05) is 31.1 Å². The van der Waals surface area contributed by atoms with Gasteiger partial charge >= 0.3 is 5.97 Å². The number of β-amino-alcohol motifs (C(OH)–C–C–N with tert-alkyl or cyclic N) is 1. The molecule has 3 fully saturated rings. The zero-order valence-electron chi connectivity index (χ0n) is 24.3. The van der Waals surface area contributed by atoms with Crippen LogP contribution in [-0.2, 0) is 11.4 Å². The Bertz CT molecular complexity index is 1460. The number of amides is 1. The first kappa shape index (κ1) is 28.7. The van der Waals surface area contributed by atoms with Crippen LogP contribution in [0.4, 0.5) is 5.13 Å². The van der Waals surface area contributed by atoms with Gasteiger partial charge in [0, 0.05) is 49.1 Å². The SMILES string of the molecule is Cc1ccc(OCc2ccc(C(=O)N3CCC[C@H](O)C3)cc2C)c(-c2csc(N3CC4CC[C@@H](C3)C4CC(=O)O)n2)c1. The summed E-state index contributed by atoms with van der Waals surface area (Å²) < 4.78 is 6.36. The van der Waals surface area contributed by atoms with E-state index in [-0.39, 0.29) is 18.2 Å². The van der Waals surface area contributed by atoms with Crippen molar-refractivity contribution >= 4 is 28.3 Å². The number of aromatic nitrogens is 1. The average Bonchev–Trinajstić information content (AvgIpc) is 3.53. The quantitative estimate of drug-likeness (QED) is 0.356. The number of likely N-dealkylation sites (tertiary alicyclic amines) is 1. The standard InChI is InChI=1S/C33H39N3O5S/c1-20-5-10-30(41-18-25-9-6-22(13-21(25)2)32(40)35-11-3-4-26(37)17-35)28(12-20)29-19-42-33(34-29)36-15-23-7-8-24(16-36)27(23)14-31(38)39/h5-6,9-10,12-13,19,23-24,26-27,37H,3-4,7-8,11,14-18H2,1-2H3,(H,38,39)/t23-,24?,26-,27?/m0/s1. The van der Waals surface area contributed by atoms with Crippen LogP contribution in [0, 0.1) is 31.6 Å². The second kappa shape index (κ2) is 12.1. The average molecular weight is 590 g/mol. The molecular formula is C33H39N3O5S. The third-order valence-electron chi connectivity index (χ3n) is 9.27. The normalized spacial score (nSPS) is 23.7. The number of thiazole rings is 1. The van der Waals surface area contributed by atoms with Crippen molar-refractivity contribution in [2.45, 2.75) is 58.7 Å². The van der Waals surface area contributed by atoms with E-state index >= 15 is 0 Å². The molecule has 3 heterocycles. The van der Waals surface area contributed by atoms with E-state index in [1.807, 2.05) is 37.3 Å². The van der Waals surface area contributed by atoms with Gasteiger partial charge in [0.1, 0.15) is 12.4 Å². The summed E-state index contributed by atoms with van der Waals surface area (Å²) in [6.45, 7) is 7.24. The van der Waals surface area contributed by atoms with E-state index in [1.54, 1.807) is 16.2 Å². The lowest BCUT2D eigenvalue weighted by Gasteiger charge is -2.37. The van der Waals surface area contributed by atoms with Gasteiger partial charge < -0.3 is 24.7 Å². The van der Waals surface area contributed by atoms with Crippen molar-refractivity contribution in [3.05, 3.63) is 64.0 Å². The van der Waals surface area contributed by atoms with Gasteiger partial charge in [-0.2, -0.15) is 0 Å². The first-order chi connectivity index (χ1) is 20.2. The van der Waals surface area contributed by atoms with Gasteiger partial charge in [-0.25, -0.2) is 4.98 Å². The maximum atomic E-state index is 13.0. The Labute approximate surface area is 251 Å². The number of ether oxygens (including phenoxy) is 1. The zero-order chi connectivity index (χ0) is 29.4. The number of carboxylic acids is 1. The van der Waals surface area contributed by atoms with E-state index in [9.17, 15) is 19.8 Å². The molecule has 3 aliphatic rings. The monoisotopic (exact) mass is 589 g/mol. The van der Waals surface area contributed by atoms with Crippen molar-refractivity contribution < 1.29 is 24.5 Å². The summed E-state index contributed by atoms with van der Waals surface area (Å²) in [6, 6.07) is 11.9. The van der Waals surface area contributed by atoms with Crippen molar-refractivity contribution in [2.24, 2.45) is 17.8 Å². The Morgan fingerprint density at radius 2 is 1.83 bits per heavy atom. The molecule has 1 aliphatic carbocycles.